The van der Waals surface area contributed by atoms with E-state index in [0.717, 1.165) is 0 Å². The number of carbonyl (C=O) groups is 1. The Bertz CT molecular complexity index is 255. The SMILES string of the molecule is CSC1=NC(OCC=O)C=C(Cl)N1. The van der Waals surface area contributed by atoms with Crippen molar-refractivity contribution in [2.24, 2.45) is 4.99 Å². The van der Waals surface area contributed by atoms with E-state index in [1.807, 2.05) is 6.26 Å². The summed E-state index contributed by atoms with van der Waals surface area (Å²) in [6.45, 7) is 0.0243. The Hall–Kier alpha value is -0.520. The van der Waals surface area contributed by atoms with Gasteiger partial charge in [0.15, 0.2) is 11.4 Å². The van der Waals surface area contributed by atoms with Crippen LogP contribution in [0.5, 0.6) is 0 Å². The van der Waals surface area contributed by atoms with Gasteiger partial charge in [0, 0.05) is 6.08 Å². The molecule has 0 saturated heterocycles. The number of carbonyl (C=O) groups excluding carboxylic acids is 1. The molecule has 1 heterocycles. The Kier molecular flexibility index (Phi) is 4.27. The number of aliphatic imine (C=N–C) groups is 1. The molecule has 0 spiro atoms. The summed E-state index contributed by atoms with van der Waals surface area (Å²) < 4.78 is 5.06. The quantitative estimate of drug-likeness (QED) is 0.568. The lowest BCUT2D eigenvalue weighted by Crippen LogP contribution is -2.26. The standard InChI is InChI=1S/C7H9ClN2O2S/c1-13-7-9-5(8)4-6(10-7)12-3-2-11/h2,4,6H,3H2,1H3,(H,9,10). The van der Waals surface area contributed by atoms with E-state index in [9.17, 15) is 4.79 Å². The van der Waals surface area contributed by atoms with Gasteiger partial charge in [-0.15, -0.1) is 0 Å². The molecule has 0 aliphatic carbocycles. The number of aldehydes is 1. The molecule has 0 aromatic rings. The molecule has 1 aliphatic heterocycles. The minimum atomic E-state index is -0.457. The Morgan fingerprint density at radius 2 is 2.69 bits per heavy atom. The van der Waals surface area contributed by atoms with E-state index in [4.69, 9.17) is 16.3 Å². The molecule has 0 saturated carbocycles. The van der Waals surface area contributed by atoms with Gasteiger partial charge in [-0.25, -0.2) is 4.99 Å². The lowest BCUT2D eigenvalue weighted by molar-refractivity contribution is -0.112. The van der Waals surface area contributed by atoms with Crippen LogP contribution in [0.1, 0.15) is 0 Å². The molecule has 13 heavy (non-hydrogen) atoms. The van der Waals surface area contributed by atoms with Crippen LogP contribution in [-0.4, -0.2) is 30.5 Å². The zero-order valence-corrected chi connectivity index (χ0v) is 8.56. The molecule has 0 fully saturated rings. The van der Waals surface area contributed by atoms with Crippen LogP contribution in [0.25, 0.3) is 0 Å². The van der Waals surface area contributed by atoms with Gasteiger partial charge in [-0.1, -0.05) is 23.4 Å². The van der Waals surface area contributed by atoms with Gasteiger partial charge in [0.1, 0.15) is 18.0 Å². The molecule has 1 atom stereocenters. The van der Waals surface area contributed by atoms with Crippen LogP contribution in [0.15, 0.2) is 16.2 Å². The molecular formula is C7H9ClN2O2S. The van der Waals surface area contributed by atoms with Crippen molar-refractivity contribution in [1.29, 1.82) is 0 Å². The molecule has 0 radical (unpaired) electrons. The fraction of sp³-hybridized carbons (Fsp3) is 0.429. The van der Waals surface area contributed by atoms with Gasteiger partial charge in [-0.3, -0.25) is 0 Å². The van der Waals surface area contributed by atoms with E-state index in [2.05, 4.69) is 10.3 Å². The number of rotatable bonds is 3. The highest BCUT2D eigenvalue weighted by atomic mass is 35.5. The van der Waals surface area contributed by atoms with Crippen LogP contribution in [0.3, 0.4) is 0 Å². The van der Waals surface area contributed by atoms with Crippen LogP contribution in [0.2, 0.25) is 0 Å². The van der Waals surface area contributed by atoms with Gasteiger partial charge in [-0.05, 0) is 6.26 Å². The zero-order chi connectivity index (χ0) is 9.68. The number of hydrogen-bond acceptors (Lipinski definition) is 5. The fourth-order valence-electron chi connectivity index (χ4n) is 0.781. The van der Waals surface area contributed by atoms with Crippen molar-refractivity contribution in [2.45, 2.75) is 6.23 Å². The second-order valence-corrected chi connectivity index (χ2v) is 3.37. The van der Waals surface area contributed by atoms with Crippen LogP contribution in [0, 0.1) is 0 Å². The van der Waals surface area contributed by atoms with Gasteiger partial charge >= 0.3 is 0 Å². The van der Waals surface area contributed by atoms with E-state index in [0.29, 0.717) is 16.6 Å². The third-order valence-corrected chi connectivity index (χ3v) is 2.10. The molecule has 0 aromatic heterocycles. The Morgan fingerprint density at radius 1 is 1.92 bits per heavy atom. The van der Waals surface area contributed by atoms with Crippen LogP contribution < -0.4 is 5.32 Å². The van der Waals surface area contributed by atoms with Crippen molar-refractivity contribution in [1.82, 2.24) is 5.32 Å². The second kappa shape index (κ2) is 5.26. The number of nitrogens with one attached hydrogen (secondary N) is 1. The summed E-state index contributed by atoms with van der Waals surface area (Å²) in [5, 5.41) is 4.00. The second-order valence-electron chi connectivity index (χ2n) is 2.17. The number of thioether (sulfide) groups is 1. The summed E-state index contributed by atoms with van der Waals surface area (Å²) in [7, 11) is 0. The Balaban J connectivity index is 2.56. The highest BCUT2D eigenvalue weighted by Crippen LogP contribution is 2.13. The molecule has 0 aromatic carbocycles. The Labute approximate surface area is 85.4 Å². The average Bonchev–Trinajstić information content (AvgIpc) is 2.14. The van der Waals surface area contributed by atoms with E-state index >= 15 is 0 Å². The molecule has 72 valence electrons. The summed E-state index contributed by atoms with van der Waals surface area (Å²) >= 11 is 7.18. The largest absolute Gasteiger partial charge is 0.345 e. The molecule has 1 rings (SSSR count). The van der Waals surface area contributed by atoms with E-state index in [1.165, 1.54) is 11.8 Å². The van der Waals surface area contributed by atoms with Crippen molar-refractivity contribution in [3.8, 4) is 0 Å². The predicted octanol–water partition coefficient (Wildman–Crippen LogP) is 0.930. The molecular weight excluding hydrogens is 212 g/mol. The summed E-state index contributed by atoms with van der Waals surface area (Å²) in [6.07, 6.45) is 3.70. The van der Waals surface area contributed by atoms with Gasteiger partial charge in [-0.2, -0.15) is 0 Å². The maximum Gasteiger partial charge on any atom is 0.173 e. The molecule has 6 heteroatoms. The average molecular weight is 221 g/mol. The molecule has 1 aliphatic rings. The first kappa shape index (κ1) is 10.6. The number of hydrogen-bond donors (Lipinski definition) is 1. The lowest BCUT2D eigenvalue weighted by Gasteiger charge is -2.16. The number of nitrogens with zero attached hydrogens (tertiary/aromatic N) is 1. The summed E-state index contributed by atoms with van der Waals surface area (Å²) in [4.78, 5) is 14.1. The topological polar surface area (TPSA) is 50.7 Å². The summed E-state index contributed by atoms with van der Waals surface area (Å²) in [5.41, 5.74) is 0. The minimum absolute atomic E-state index is 0.0243. The third kappa shape index (κ3) is 3.38. The van der Waals surface area contributed by atoms with Gasteiger partial charge in [0.2, 0.25) is 0 Å². The van der Waals surface area contributed by atoms with E-state index in [1.54, 1.807) is 6.08 Å². The third-order valence-electron chi connectivity index (χ3n) is 1.29. The van der Waals surface area contributed by atoms with Crippen molar-refractivity contribution >= 4 is 34.8 Å². The molecule has 0 bridgehead atoms. The number of amidine groups is 1. The van der Waals surface area contributed by atoms with E-state index < -0.39 is 6.23 Å². The fourth-order valence-corrected chi connectivity index (χ4v) is 1.46. The normalized spacial score (nSPS) is 21.5. The maximum atomic E-state index is 10.0. The summed E-state index contributed by atoms with van der Waals surface area (Å²) in [6, 6.07) is 0. The molecule has 4 nitrogen and oxygen atoms in total. The van der Waals surface area contributed by atoms with Crippen LogP contribution in [0.4, 0.5) is 0 Å². The highest BCUT2D eigenvalue weighted by Gasteiger charge is 2.13. The van der Waals surface area contributed by atoms with Crippen LogP contribution >= 0.6 is 23.4 Å². The zero-order valence-electron chi connectivity index (χ0n) is 6.99. The van der Waals surface area contributed by atoms with Gasteiger partial charge in [0.05, 0.1) is 0 Å². The first-order chi connectivity index (χ1) is 6.26. The first-order valence-corrected chi connectivity index (χ1v) is 5.18. The lowest BCUT2D eigenvalue weighted by atomic mass is 10.5. The smallest absolute Gasteiger partial charge is 0.173 e. The van der Waals surface area contributed by atoms with Gasteiger partial charge in [0.25, 0.3) is 0 Å². The monoisotopic (exact) mass is 220 g/mol. The van der Waals surface area contributed by atoms with Crippen LogP contribution in [-0.2, 0) is 9.53 Å². The molecule has 0 amide bonds. The number of ether oxygens (including phenoxy) is 1. The van der Waals surface area contributed by atoms with Crippen molar-refractivity contribution in [3.05, 3.63) is 11.2 Å². The molecule has 1 unspecified atom stereocenters. The van der Waals surface area contributed by atoms with E-state index in [-0.39, 0.29) is 6.61 Å². The van der Waals surface area contributed by atoms with Crippen molar-refractivity contribution in [3.63, 3.8) is 0 Å². The Morgan fingerprint density at radius 3 is 3.31 bits per heavy atom. The predicted molar refractivity (Wildman–Crippen MR) is 53.8 cm³/mol. The minimum Gasteiger partial charge on any atom is -0.345 e. The van der Waals surface area contributed by atoms with Gasteiger partial charge < -0.3 is 14.8 Å². The van der Waals surface area contributed by atoms with Crippen molar-refractivity contribution in [2.75, 3.05) is 12.9 Å². The highest BCUT2D eigenvalue weighted by molar-refractivity contribution is 8.13. The summed E-state index contributed by atoms with van der Waals surface area (Å²) in [5.74, 6) is 0. The molecule has 1 N–H and O–H groups in total. The van der Waals surface area contributed by atoms with Crippen molar-refractivity contribution < 1.29 is 9.53 Å². The number of halogens is 1. The maximum absolute atomic E-state index is 10.0. The first-order valence-electron chi connectivity index (χ1n) is 3.57.